The van der Waals surface area contributed by atoms with Gasteiger partial charge in [-0.25, -0.2) is 9.97 Å². The van der Waals surface area contributed by atoms with Gasteiger partial charge in [-0.1, -0.05) is 0 Å². The van der Waals surface area contributed by atoms with Crippen LogP contribution in [0.25, 0.3) is 16.7 Å². The maximum atomic E-state index is 13.2. The molecule has 0 aliphatic heterocycles. The molecule has 3 N–H and O–H groups in total. The zero-order valence-electron chi connectivity index (χ0n) is 18.6. The molecule has 34 heavy (non-hydrogen) atoms. The van der Waals surface area contributed by atoms with Crippen LogP contribution in [0.1, 0.15) is 5.69 Å². The van der Waals surface area contributed by atoms with Crippen molar-refractivity contribution in [3.63, 3.8) is 0 Å². The van der Waals surface area contributed by atoms with Crippen molar-refractivity contribution in [2.24, 2.45) is 10.7 Å². The van der Waals surface area contributed by atoms with E-state index in [1.165, 1.54) is 55.9 Å². The maximum Gasteiger partial charge on any atom is 0.416 e. The number of aliphatic hydroxyl groups is 1. The van der Waals surface area contributed by atoms with E-state index in [4.69, 9.17) is 15.2 Å². The lowest BCUT2D eigenvalue weighted by Crippen LogP contribution is -2.39. The Morgan fingerprint density at radius 1 is 1.18 bits per heavy atom. The van der Waals surface area contributed by atoms with Crippen LogP contribution in [0.2, 0.25) is 0 Å². The highest BCUT2D eigenvalue weighted by Gasteiger charge is 2.40. The number of pyridine rings is 1. The van der Waals surface area contributed by atoms with Gasteiger partial charge in [0.1, 0.15) is 22.8 Å². The van der Waals surface area contributed by atoms with Crippen molar-refractivity contribution in [2.75, 3.05) is 32.7 Å². The second-order valence-corrected chi connectivity index (χ2v) is 7.02. The molecule has 0 fully saturated rings. The summed E-state index contributed by atoms with van der Waals surface area (Å²) in [5.41, 5.74) is 7.35. The van der Waals surface area contributed by atoms with E-state index >= 15 is 0 Å². The van der Waals surface area contributed by atoms with Crippen LogP contribution in [0.4, 0.5) is 24.7 Å². The van der Waals surface area contributed by atoms with Gasteiger partial charge in [-0.05, 0) is 12.1 Å². The lowest BCUT2D eigenvalue weighted by Gasteiger charge is -2.28. The minimum Gasteiger partial charge on any atom is -0.497 e. The summed E-state index contributed by atoms with van der Waals surface area (Å²) < 4.78 is 50.2. The Morgan fingerprint density at radius 3 is 2.41 bits per heavy atom. The molecule has 9 nitrogen and oxygen atoms in total. The molecular weight excluding hydrogens is 453 g/mol. The highest BCUT2D eigenvalue weighted by atomic mass is 19.4. The molecule has 0 spiro atoms. The summed E-state index contributed by atoms with van der Waals surface area (Å²) in [6, 6.07) is 7.64. The van der Waals surface area contributed by atoms with Crippen LogP contribution in [-0.4, -0.2) is 66.4 Å². The third kappa shape index (κ3) is 5.52. The van der Waals surface area contributed by atoms with Gasteiger partial charge in [-0.2, -0.15) is 13.2 Å². The van der Waals surface area contributed by atoms with E-state index in [9.17, 15) is 18.3 Å². The number of aliphatic hydroxyl groups excluding tert-OH is 1. The van der Waals surface area contributed by atoms with E-state index in [0.717, 1.165) is 0 Å². The Bertz CT molecular complexity index is 1190. The fourth-order valence-electron chi connectivity index (χ4n) is 3.07. The number of halogens is 3. The quantitative estimate of drug-likeness (QED) is 0.476. The average molecular weight is 476 g/mol. The molecular formula is C22H23F3N6O3. The van der Waals surface area contributed by atoms with Crippen LogP contribution in [0, 0.1) is 0 Å². The molecule has 3 aromatic rings. The number of nitrogens with two attached hydrogens (primary N) is 1. The predicted molar refractivity (Wildman–Crippen MR) is 123 cm³/mol. The first-order valence-corrected chi connectivity index (χ1v) is 9.93. The fourth-order valence-corrected chi connectivity index (χ4v) is 3.07. The van der Waals surface area contributed by atoms with Gasteiger partial charge < -0.3 is 25.2 Å². The van der Waals surface area contributed by atoms with E-state index in [0.29, 0.717) is 28.3 Å². The standard InChI is InChI=1S/C22H23F3N6O3/c1-27-10-13(9-26)18-11-28-17-4-5-20(30-21(17)29-18)31(12-19(32)22(23,24)25)14-6-15(33-2)8-16(7-14)34-3/h4-11,19,32H,12,26H2,1-3H3/b13-9+,27-10?. The molecule has 1 atom stereocenters. The third-order valence-corrected chi connectivity index (χ3v) is 4.79. The highest BCUT2D eigenvalue weighted by molar-refractivity contribution is 6.09. The molecule has 0 bridgehead atoms. The molecule has 180 valence electrons. The number of anilines is 2. The Kier molecular flexibility index (Phi) is 7.51. The zero-order valence-corrected chi connectivity index (χ0v) is 18.6. The molecule has 0 radical (unpaired) electrons. The molecule has 0 saturated carbocycles. The molecule has 0 aliphatic rings. The lowest BCUT2D eigenvalue weighted by molar-refractivity contribution is -0.199. The highest BCUT2D eigenvalue weighted by Crippen LogP contribution is 2.34. The minimum absolute atomic E-state index is 0.0972. The Balaban J connectivity index is 2.15. The molecule has 0 amide bonds. The van der Waals surface area contributed by atoms with Gasteiger partial charge in [-0.3, -0.25) is 9.98 Å². The van der Waals surface area contributed by atoms with Crippen molar-refractivity contribution < 1.29 is 27.8 Å². The van der Waals surface area contributed by atoms with E-state index < -0.39 is 18.8 Å². The largest absolute Gasteiger partial charge is 0.497 e. The SMILES string of the molecule is CN=C/C(=C\N)c1cnc2ccc(N(CC(O)C(F)(F)F)c3cc(OC)cc(OC)c3)nc2n1. The first kappa shape index (κ1) is 24.7. The first-order chi connectivity index (χ1) is 16.2. The normalized spacial score (nSPS) is 13.3. The topological polar surface area (TPSA) is 119 Å². The number of allylic oxidation sites excluding steroid dienone is 1. The number of nitrogens with zero attached hydrogens (tertiary/aromatic N) is 5. The van der Waals surface area contributed by atoms with Gasteiger partial charge in [-0.15, -0.1) is 0 Å². The van der Waals surface area contributed by atoms with Crippen molar-refractivity contribution in [2.45, 2.75) is 12.3 Å². The van der Waals surface area contributed by atoms with Gasteiger partial charge in [0.2, 0.25) is 0 Å². The predicted octanol–water partition coefficient (Wildman–Crippen LogP) is 3.10. The van der Waals surface area contributed by atoms with Gasteiger partial charge in [0.25, 0.3) is 0 Å². The Labute approximate surface area is 193 Å². The number of hydrogen-bond acceptors (Lipinski definition) is 9. The third-order valence-electron chi connectivity index (χ3n) is 4.79. The number of methoxy groups -OCH3 is 2. The van der Waals surface area contributed by atoms with Crippen LogP contribution in [0.5, 0.6) is 11.5 Å². The number of rotatable bonds is 8. The number of ether oxygens (including phenoxy) is 2. The van der Waals surface area contributed by atoms with Crippen molar-refractivity contribution in [1.82, 2.24) is 15.0 Å². The summed E-state index contributed by atoms with van der Waals surface area (Å²) >= 11 is 0. The summed E-state index contributed by atoms with van der Waals surface area (Å²) in [5, 5.41) is 9.83. The number of aromatic nitrogens is 3. The molecule has 2 heterocycles. The van der Waals surface area contributed by atoms with Crippen molar-refractivity contribution >= 4 is 34.5 Å². The molecule has 1 unspecified atom stereocenters. The van der Waals surface area contributed by atoms with Crippen LogP contribution in [0.3, 0.4) is 0 Å². The monoisotopic (exact) mass is 476 g/mol. The second-order valence-electron chi connectivity index (χ2n) is 7.02. The van der Waals surface area contributed by atoms with E-state index in [-0.39, 0.29) is 17.2 Å². The van der Waals surface area contributed by atoms with Crippen LogP contribution >= 0.6 is 0 Å². The summed E-state index contributed by atoms with van der Waals surface area (Å²) in [4.78, 5) is 18.2. The van der Waals surface area contributed by atoms with Gasteiger partial charge in [0.15, 0.2) is 11.8 Å². The Morgan fingerprint density at radius 2 is 1.85 bits per heavy atom. The summed E-state index contributed by atoms with van der Waals surface area (Å²) in [7, 11) is 4.41. The number of hydrogen-bond donors (Lipinski definition) is 2. The molecule has 2 aromatic heterocycles. The van der Waals surface area contributed by atoms with E-state index in [1.54, 1.807) is 19.2 Å². The van der Waals surface area contributed by atoms with Crippen LogP contribution in [-0.2, 0) is 0 Å². The summed E-state index contributed by atoms with van der Waals surface area (Å²) in [6.07, 6.45) is -3.20. The van der Waals surface area contributed by atoms with E-state index in [2.05, 4.69) is 19.9 Å². The molecule has 3 rings (SSSR count). The maximum absolute atomic E-state index is 13.2. The van der Waals surface area contributed by atoms with Gasteiger partial charge >= 0.3 is 6.18 Å². The zero-order chi connectivity index (χ0) is 24.9. The van der Waals surface area contributed by atoms with Crippen LogP contribution in [0.15, 0.2) is 47.7 Å². The number of fused-ring (bicyclic) bond motifs is 1. The van der Waals surface area contributed by atoms with Crippen molar-refractivity contribution in [3.8, 4) is 11.5 Å². The lowest BCUT2D eigenvalue weighted by atomic mass is 10.2. The minimum atomic E-state index is -4.84. The molecule has 0 saturated heterocycles. The van der Waals surface area contributed by atoms with E-state index in [1.807, 2.05) is 0 Å². The fraction of sp³-hybridized carbons (Fsp3) is 0.273. The smallest absolute Gasteiger partial charge is 0.416 e. The molecule has 1 aromatic carbocycles. The van der Waals surface area contributed by atoms with Crippen LogP contribution < -0.4 is 20.1 Å². The average Bonchev–Trinajstić information content (AvgIpc) is 2.83. The molecule has 12 heteroatoms. The van der Waals surface area contributed by atoms with Crippen molar-refractivity contribution in [1.29, 1.82) is 0 Å². The van der Waals surface area contributed by atoms with Crippen molar-refractivity contribution in [3.05, 3.63) is 48.4 Å². The number of alkyl halides is 3. The Hall–Kier alpha value is -3.93. The van der Waals surface area contributed by atoms with Gasteiger partial charge in [0, 0.05) is 48.9 Å². The summed E-state index contributed by atoms with van der Waals surface area (Å²) in [6.45, 7) is -0.831. The number of benzene rings is 1. The number of aliphatic imine (C=N–C) groups is 1. The second kappa shape index (κ2) is 10.3. The molecule has 0 aliphatic carbocycles. The first-order valence-electron chi connectivity index (χ1n) is 9.93. The summed E-state index contributed by atoms with van der Waals surface area (Å²) in [5.74, 6) is 0.792. The van der Waals surface area contributed by atoms with Gasteiger partial charge in [0.05, 0.1) is 32.7 Å².